The van der Waals surface area contributed by atoms with Crippen molar-refractivity contribution < 1.29 is 14.3 Å². The molecule has 0 radical (unpaired) electrons. The molecule has 1 atom stereocenters. The maximum atomic E-state index is 12.7. The molecule has 1 aliphatic heterocycles. The highest BCUT2D eigenvalue weighted by Gasteiger charge is 2.19. The molecule has 0 saturated heterocycles. The molecule has 3 N–H and O–H groups in total. The lowest BCUT2D eigenvalue weighted by atomic mass is 10.2. The van der Waals surface area contributed by atoms with Crippen molar-refractivity contribution in [1.82, 2.24) is 19.9 Å². The van der Waals surface area contributed by atoms with E-state index < -0.39 is 0 Å². The Hall–Kier alpha value is -3.33. The van der Waals surface area contributed by atoms with E-state index in [0.29, 0.717) is 36.1 Å². The molecule has 4 rings (SSSR count). The number of aromatic nitrogens is 3. The molecule has 1 aliphatic rings. The van der Waals surface area contributed by atoms with E-state index >= 15 is 0 Å². The molecular formula is C19H22N6O3. The van der Waals surface area contributed by atoms with Crippen molar-refractivity contribution >= 4 is 28.9 Å². The summed E-state index contributed by atoms with van der Waals surface area (Å²) in [5.41, 5.74) is 2.63. The Morgan fingerprint density at radius 3 is 2.96 bits per heavy atom. The van der Waals surface area contributed by atoms with Crippen LogP contribution in [-0.2, 0) is 11.3 Å². The van der Waals surface area contributed by atoms with Gasteiger partial charge in [-0.05, 0) is 24.6 Å². The summed E-state index contributed by atoms with van der Waals surface area (Å²) in [6, 6.07) is 7.45. The Balaban J connectivity index is 1.86. The van der Waals surface area contributed by atoms with Crippen LogP contribution in [0.25, 0.3) is 5.65 Å². The summed E-state index contributed by atoms with van der Waals surface area (Å²) in [7, 11) is 3.42. The predicted molar refractivity (Wildman–Crippen MR) is 105 cm³/mol. The number of carbonyl (C=O) groups is 1. The first kappa shape index (κ1) is 18.1. The Bertz CT molecular complexity index is 1030. The number of rotatable bonds is 2. The minimum Gasteiger partial charge on any atom is -0.497 e. The Kier molecular flexibility index (Phi) is 4.74. The van der Waals surface area contributed by atoms with Gasteiger partial charge in [0.25, 0.3) is 5.91 Å². The number of nitrogens with zero attached hydrogens (tertiary/aromatic N) is 3. The second-order valence-electron chi connectivity index (χ2n) is 6.65. The highest BCUT2D eigenvalue weighted by molar-refractivity contribution is 6.00. The number of carbonyl (C=O) groups excluding carboxylic acids is 1. The van der Waals surface area contributed by atoms with Gasteiger partial charge in [-0.2, -0.15) is 9.61 Å². The summed E-state index contributed by atoms with van der Waals surface area (Å²) in [6.07, 6.45) is 1.52. The minimum atomic E-state index is -0.241. The quantitative estimate of drug-likeness (QED) is 0.624. The average molecular weight is 382 g/mol. The number of anilines is 3. The number of hydrogen-bond acceptors (Lipinski definition) is 7. The maximum Gasteiger partial charge on any atom is 0.257 e. The molecular weight excluding hydrogens is 360 g/mol. The van der Waals surface area contributed by atoms with Gasteiger partial charge in [0.2, 0.25) is 0 Å². The third kappa shape index (κ3) is 3.44. The van der Waals surface area contributed by atoms with Gasteiger partial charge in [-0.1, -0.05) is 0 Å². The number of hydrogen-bond donors (Lipinski definition) is 3. The van der Waals surface area contributed by atoms with Crippen LogP contribution in [0.15, 0.2) is 30.5 Å². The Morgan fingerprint density at radius 1 is 1.32 bits per heavy atom. The van der Waals surface area contributed by atoms with Crippen molar-refractivity contribution in [3.05, 3.63) is 41.6 Å². The van der Waals surface area contributed by atoms with E-state index in [4.69, 9.17) is 9.47 Å². The van der Waals surface area contributed by atoms with Gasteiger partial charge in [0, 0.05) is 30.9 Å². The van der Waals surface area contributed by atoms with Crippen molar-refractivity contribution in [3.8, 4) is 5.75 Å². The van der Waals surface area contributed by atoms with E-state index in [0.717, 1.165) is 17.0 Å². The number of fused-ring (bicyclic) bond motifs is 3. The van der Waals surface area contributed by atoms with E-state index in [9.17, 15) is 4.79 Å². The Labute approximate surface area is 162 Å². The van der Waals surface area contributed by atoms with Gasteiger partial charge in [-0.3, -0.25) is 4.79 Å². The first-order chi connectivity index (χ1) is 13.6. The van der Waals surface area contributed by atoms with Crippen molar-refractivity contribution in [2.24, 2.45) is 0 Å². The van der Waals surface area contributed by atoms with Crippen LogP contribution in [0.1, 0.15) is 22.8 Å². The fraction of sp³-hybridized carbons (Fsp3) is 0.316. The van der Waals surface area contributed by atoms with Gasteiger partial charge in [-0.25, -0.2) is 4.98 Å². The lowest BCUT2D eigenvalue weighted by Crippen LogP contribution is -2.35. The zero-order valence-electron chi connectivity index (χ0n) is 15.9. The van der Waals surface area contributed by atoms with Gasteiger partial charge >= 0.3 is 0 Å². The summed E-state index contributed by atoms with van der Waals surface area (Å²) >= 11 is 0. The van der Waals surface area contributed by atoms with Gasteiger partial charge in [0.05, 0.1) is 26.5 Å². The van der Waals surface area contributed by atoms with Crippen LogP contribution in [0, 0.1) is 0 Å². The molecule has 2 aromatic heterocycles. The van der Waals surface area contributed by atoms with Crippen molar-refractivity contribution in [1.29, 1.82) is 0 Å². The molecule has 0 unspecified atom stereocenters. The smallest absolute Gasteiger partial charge is 0.257 e. The fourth-order valence-corrected chi connectivity index (χ4v) is 3.14. The number of amides is 1. The zero-order chi connectivity index (χ0) is 19.7. The highest BCUT2D eigenvalue weighted by Crippen LogP contribution is 2.26. The molecule has 9 nitrogen and oxygen atoms in total. The number of benzene rings is 1. The molecule has 1 aromatic carbocycles. The molecule has 28 heavy (non-hydrogen) atoms. The highest BCUT2D eigenvalue weighted by atomic mass is 16.5. The third-order valence-corrected chi connectivity index (χ3v) is 4.46. The summed E-state index contributed by atoms with van der Waals surface area (Å²) < 4.78 is 12.8. The number of ether oxygens (including phenoxy) is 2. The lowest BCUT2D eigenvalue weighted by Gasteiger charge is -2.16. The SMILES string of the molecule is CNc1cc2nc3c(cnn13)C(=O)N[C@H](C)COCc1cc(cc(OC)c1)N2. The molecule has 0 aliphatic carbocycles. The molecule has 1 amide bonds. The third-order valence-electron chi connectivity index (χ3n) is 4.46. The topological polar surface area (TPSA) is 102 Å². The van der Waals surface area contributed by atoms with Gasteiger partial charge in [0.1, 0.15) is 22.9 Å². The molecule has 9 heteroatoms. The van der Waals surface area contributed by atoms with Crippen LogP contribution in [0.5, 0.6) is 5.75 Å². The van der Waals surface area contributed by atoms with Crippen LogP contribution in [0.4, 0.5) is 17.3 Å². The van der Waals surface area contributed by atoms with Gasteiger partial charge < -0.3 is 25.4 Å². The van der Waals surface area contributed by atoms with E-state index in [1.54, 1.807) is 18.7 Å². The van der Waals surface area contributed by atoms with E-state index in [1.807, 2.05) is 31.2 Å². The maximum absolute atomic E-state index is 12.7. The molecule has 146 valence electrons. The Morgan fingerprint density at radius 2 is 2.18 bits per heavy atom. The van der Waals surface area contributed by atoms with E-state index in [2.05, 4.69) is 26.0 Å². The van der Waals surface area contributed by atoms with Crippen LogP contribution < -0.4 is 20.7 Å². The summed E-state index contributed by atoms with van der Waals surface area (Å²) in [5, 5.41) is 13.6. The van der Waals surface area contributed by atoms with Crippen LogP contribution in [-0.4, -0.2) is 47.3 Å². The van der Waals surface area contributed by atoms with Crippen LogP contribution in [0.2, 0.25) is 0 Å². The van der Waals surface area contributed by atoms with E-state index in [-0.39, 0.29) is 11.9 Å². The van der Waals surface area contributed by atoms with Gasteiger partial charge in [0.15, 0.2) is 5.65 Å². The standard InChI is InChI=1S/C19H22N6O3/c1-11-9-28-10-12-4-13(6-14(5-12)27-3)23-16-7-17(20-2)25-18(24-16)15(8-21-25)19(26)22-11/h4-8,11,20H,9-10H2,1-3H3,(H,22,26)(H,23,24)/t11-/m1/s1. The molecule has 0 saturated carbocycles. The van der Waals surface area contributed by atoms with E-state index in [1.165, 1.54) is 6.20 Å². The fourth-order valence-electron chi connectivity index (χ4n) is 3.14. The monoisotopic (exact) mass is 382 g/mol. The minimum absolute atomic E-state index is 0.166. The molecule has 3 heterocycles. The largest absolute Gasteiger partial charge is 0.497 e. The average Bonchev–Trinajstić information content (AvgIpc) is 3.10. The van der Waals surface area contributed by atoms with Crippen molar-refractivity contribution in [2.45, 2.75) is 19.6 Å². The lowest BCUT2D eigenvalue weighted by molar-refractivity contribution is 0.0821. The number of nitrogens with one attached hydrogen (secondary N) is 3. The van der Waals surface area contributed by atoms with Crippen molar-refractivity contribution in [3.63, 3.8) is 0 Å². The normalized spacial score (nSPS) is 17.0. The zero-order valence-corrected chi connectivity index (χ0v) is 15.9. The van der Waals surface area contributed by atoms with Crippen LogP contribution >= 0.6 is 0 Å². The number of methoxy groups -OCH3 is 1. The second kappa shape index (κ2) is 7.35. The first-order valence-electron chi connectivity index (χ1n) is 8.97. The predicted octanol–water partition coefficient (Wildman–Crippen LogP) is 2.17. The summed E-state index contributed by atoms with van der Waals surface area (Å²) in [5.74, 6) is 1.77. The molecule has 0 fully saturated rings. The first-order valence-corrected chi connectivity index (χ1v) is 8.97. The molecule has 4 bridgehead atoms. The second-order valence-corrected chi connectivity index (χ2v) is 6.65. The van der Waals surface area contributed by atoms with Crippen molar-refractivity contribution in [2.75, 3.05) is 31.4 Å². The molecule has 3 aromatic rings. The molecule has 0 spiro atoms. The summed E-state index contributed by atoms with van der Waals surface area (Å²) in [4.78, 5) is 17.3. The summed E-state index contributed by atoms with van der Waals surface area (Å²) in [6.45, 7) is 2.68. The van der Waals surface area contributed by atoms with Crippen LogP contribution in [0.3, 0.4) is 0 Å². The van der Waals surface area contributed by atoms with Gasteiger partial charge in [-0.15, -0.1) is 0 Å².